The maximum atomic E-state index is 6.26. The van der Waals surface area contributed by atoms with Gasteiger partial charge in [-0.3, -0.25) is 0 Å². The van der Waals surface area contributed by atoms with Crippen LogP contribution in [0.4, 0.5) is 0 Å². The average Bonchev–Trinajstić information content (AvgIpc) is 3.77. The number of nitrogens with zero attached hydrogens (tertiary/aromatic N) is 2. The molecule has 0 aliphatic heterocycles. The molecular formula is C46H28N2O2. The lowest BCUT2D eigenvalue weighted by Crippen LogP contribution is -1.96. The fraction of sp³-hybridized carbons (Fsp3) is 0. The van der Waals surface area contributed by atoms with Gasteiger partial charge in [0, 0.05) is 38.2 Å². The van der Waals surface area contributed by atoms with Crippen LogP contribution in [0.5, 0.6) is 0 Å². The molecule has 4 nitrogen and oxygen atoms in total. The highest BCUT2D eigenvalue weighted by Crippen LogP contribution is 2.39. The summed E-state index contributed by atoms with van der Waals surface area (Å²) < 4.78 is 12.4. The molecule has 7 aromatic carbocycles. The van der Waals surface area contributed by atoms with Crippen LogP contribution in [0.1, 0.15) is 0 Å². The maximum absolute atomic E-state index is 6.26. The minimum Gasteiger partial charge on any atom is -0.456 e. The Balaban J connectivity index is 1.12. The zero-order chi connectivity index (χ0) is 33.0. The van der Waals surface area contributed by atoms with Crippen LogP contribution < -0.4 is 0 Å². The van der Waals surface area contributed by atoms with Crippen LogP contribution in [0.2, 0.25) is 0 Å². The topological polar surface area (TPSA) is 52.1 Å². The summed E-state index contributed by atoms with van der Waals surface area (Å²) in [5.74, 6) is 0.667. The second-order valence-electron chi connectivity index (χ2n) is 12.5. The van der Waals surface area contributed by atoms with Gasteiger partial charge in [-0.2, -0.15) is 0 Å². The maximum Gasteiger partial charge on any atom is 0.160 e. The summed E-state index contributed by atoms with van der Waals surface area (Å²) in [5, 5.41) is 4.36. The first kappa shape index (κ1) is 28.3. The van der Waals surface area contributed by atoms with Crippen molar-refractivity contribution in [2.24, 2.45) is 0 Å². The van der Waals surface area contributed by atoms with Crippen LogP contribution in [-0.2, 0) is 0 Å². The molecule has 3 aromatic heterocycles. The molecule has 0 unspecified atom stereocenters. The molecule has 0 aliphatic carbocycles. The van der Waals surface area contributed by atoms with Gasteiger partial charge in [0.25, 0.3) is 0 Å². The molecule has 50 heavy (non-hydrogen) atoms. The Morgan fingerprint density at radius 1 is 0.320 bits per heavy atom. The smallest absolute Gasteiger partial charge is 0.160 e. The first-order valence-electron chi connectivity index (χ1n) is 16.7. The van der Waals surface area contributed by atoms with E-state index < -0.39 is 0 Å². The molecule has 0 fully saturated rings. The van der Waals surface area contributed by atoms with Gasteiger partial charge in [0.1, 0.15) is 22.3 Å². The summed E-state index contributed by atoms with van der Waals surface area (Å²) in [6.07, 6.45) is 0. The lowest BCUT2D eigenvalue weighted by Gasteiger charge is -2.11. The molecule has 0 saturated carbocycles. The van der Waals surface area contributed by atoms with E-state index in [0.717, 1.165) is 88.6 Å². The van der Waals surface area contributed by atoms with Crippen molar-refractivity contribution in [3.8, 4) is 56.2 Å². The Kier molecular flexibility index (Phi) is 6.46. The van der Waals surface area contributed by atoms with Crippen molar-refractivity contribution in [3.05, 3.63) is 170 Å². The molecular weight excluding hydrogens is 613 g/mol. The van der Waals surface area contributed by atoms with Crippen LogP contribution in [0, 0.1) is 0 Å². The predicted molar refractivity (Wildman–Crippen MR) is 204 cm³/mol. The van der Waals surface area contributed by atoms with Gasteiger partial charge in [0.05, 0.1) is 11.4 Å². The van der Waals surface area contributed by atoms with Crippen molar-refractivity contribution in [3.63, 3.8) is 0 Å². The highest BCUT2D eigenvalue weighted by Gasteiger charge is 2.17. The van der Waals surface area contributed by atoms with Crippen LogP contribution in [0.25, 0.3) is 100 Å². The number of rotatable bonds is 5. The van der Waals surface area contributed by atoms with Gasteiger partial charge < -0.3 is 8.83 Å². The van der Waals surface area contributed by atoms with E-state index in [4.69, 9.17) is 18.8 Å². The molecule has 0 bridgehead atoms. The summed E-state index contributed by atoms with van der Waals surface area (Å²) in [6, 6.07) is 58.5. The summed E-state index contributed by atoms with van der Waals surface area (Å²) in [5.41, 5.74) is 12.7. The van der Waals surface area contributed by atoms with Gasteiger partial charge in [-0.1, -0.05) is 140 Å². The fourth-order valence-electron chi connectivity index (χ4n) is 7.13. The summed E-state index contributed by atoms with van der Waals surface area (Å²) in [4.78, 5) is 10.4. The van der Waals surface area contributed by atoms with E-state index in [2.05, 4.69) is 115 Å². The minimum absolute atomic E-state index is 0.667. The van der Waals surface area contributed by atoms with E-state index >= 15 is 0 Å². The lowest BCUT2D eigenvalue weighted by atomic mass is 9.97. The summed E-state index contributed by atoms with van der Waals surface area (Å²) in [7, 11) is 0. The van der Waals surface area contributed by atoms with Crippen molar-refractivity contribution >= 4 is 43.9 Å². The van der Waals surface area contributed by atoms with Crippen molar-refractivity contribution in [1.82, 2.24) is 9.97 Å². The molecule has 4 heteroatoms. The van der Waals surface area contributed by atoms with Gasteiger partial charge in [0.2, 0.25) is 0 Å². The standard InChI is InChI=1S/C46H28N2O2/c1-2-10-29(11-3-1)30-20-26-33(27-21-30)46-47-38(28-39(48-46)35-15-9-19-43-45(35)37-13-5-7-17-41(37)50-43)32-24-22-31(23-25-32)34-14-8-18-42-44(34)36-12-4-6-16-40(36)49-42/h1-28H. The predicted octanol–water partition coefficient (Wildman–Crippen LogP) is 12.6. The molecule has 234 valence electrons. The van der Waals surface area contributed by atoms with Gasteiger partial charge in [-0.15, -0.1) is 0 Å². The number of benzene rings is 7. The zero-order valence-electron chi connectivity index (χ0n) is 26.9. The Morgan fingerprint density at radius 3 is 1.48 bits per heavy atom. The van der Waals surface area contributed by atoms with Gasteiger partial charge in [-0.25, -0.2) is 9.97 Å². The molecule has 10 aromatic rings. The molecule has 0 N–H and O–H groups in total. The van der Waals surface area contributed by atoms with Crippen LogP contribution >= 0.6 is 0 Å². The number of hydrogen-bond acceptors (Lipinski definition) is 4. The third-order valence-corrected chi connectivity index (χ3v) is 9.55. The molecule has 0 radical (unpaired) electrons. The highest BCUT2D eigenvalue weighted by atomic mass is 16.3. The normalized spacial score (nSPS) is 11.6. The van der Waals surface area contributed by atoms with Crippen molar-refractivity contribution in [2.45, 2.75) is 0 Å². The SMILES string of the molecule is c1ccc(-c2ccc(-c3nc(-c4ccc(-c5cccc6oc7ccccc7c56)cc4)cc(-c4cccc5oc6ccccc6c45)n3)cc2)cc1. The second kappa shape index (κ2) is 11.4. The monoisotopic (exact) mass is 640 g/mol. The number of aromatic nitrogens is 2. The number of fused-ring (bicyclic) bond motifs is 6. The molecule has 0 atom stereocenters. The Morgan fingerprint density at radius 2 is 0.800 bits per heavy atom. The Bertz CT molecular complexity index is 2850. The largest absolute Gasteiger partial charge is 0.456 e. The first-order chi connectivity index (χ1) is 24.8. The first-order valence-corrected chi connectivity index (χ1v) is 16.7. The van der Waals surface area contributed by atoms with Crippen LogP contribution in [-0.4, -0.2) is 9.97 Å². The minimum atomic E-state index is 0.667. The van der Waals surface area contributed by atoms with E-state index in [1.54, 1.807) is 0 Å². The van der Waals surface area contributed by atoms with Crippen molar-refractivity contribution in [2.75, 3.05) is 0 Å². The zero-order valence-corrected chi connectivity index (χ0v) is 26.9. The van der Waals surface area contributed by atoms with Crippen LogP contribution in [0.15, 0.2) is 179 Å². The number of para-hydroxylation sites is 2. The second-order valence-corrected chi connectivity index (χ2v) is 12.5. The fourth-order valence-corrected chi connectivity index (χ4v) is 7.13. The summed E-state index contributed by atoms with van der Waals surface area (Å²) in [6.45, 7) is 0. The molecule has 3 heterocycles. The average molecular weight is 641 g/mol. The number of furan rings is 2. The van der Waals surface area contributed by atoms with Gasteiger partial charge in [0.15, 0.2) is 5.82 Å². The summed E-state index contributed by atoms with van der Waals surface area (Å²) >= 11 is 0. The van der Waals surface area contributed by atoms with Gasteiger partial charge >= 0.3 is 0 Å². The quantitative estimate of drug-likeness (QED) is 0.188. The Labute approximate surface area is 287 Å². The third kappa shape index (κ3) is 4.69. The van der Waals surface area contributed by atoms with E-state index in [9.17, 15) is 0 Å². The number of hydrogen-bond donors (Lipinski definition) is 0. The van der Waals surface area contributed by atoms with E-state index in [-0.39, 0.29) is 0 Å². The molecule has 0 spiro atoms. The van der Waals surface area contributed by atoms with E-state index in [1.807, 2.05) is 54.6 Å². The van der Waals surface area contributed by atoms with Crippen molar-refractivity contribution in [1.29, 1.82) is 0 Å². The lowest BCUT2D eigenvalue weighted by molar-refractivity contribution is 0.668. The molecule has 0 saturated heterocycles. The third-order valence-electron chi connectivity index (χ3n) is 9.55. The van der Waals surface area contributed by atoms with E-state index in [1.165, 1.54) is 5.56 Å². The van der Waals surface area contributed by atoms with Crippen LogP contribution in [0.3, 0.4) is 0 Å². The molecule has 10 rings (SSSR count). The van der Waals surface area contributed by atoms with Gasteiger partial charge in [-0.05, 0) is 52.6 Å². The van der Waals surface area contributed by atoms with E-state index in [0.29, 0.717) is 5.82 Å². The molecule has 0 amide bonds. The molecule has 0 aliphatic rings. The Hall–Kier alpha value is -6.78. The highest BCUT2D eigenvalue weighted by molar-refractivity contribution is 6.13. The van der Waals surface area contributed by atoms with Crippen molar-refractivity contribution < 1.29 is 8.83 Å².